The summed E-state index contributed by atoms with van der Waals surface area (Å²) in [4.78, 5) is 22.7. The zero-order chi connectivity index (χ0) is 18.9. The van der Waals surface area contributed by atoms with E-state index in [2.05, 4.69) is 5.32 Å². The van der Waals surface area contributed by atoms with Crippen molar-refractivity contribution in [2.45, 2.75) is 26.7 Å². The van der Waals surface area contributed by atoms with Crippen molar-refractivity contribution in [2.75, 3.05) is 18.5 Å². The first-order chi connectivity index (χ1) is 12.5. The molecule has 2 aromatic carbocycles. The van der Waals surface area contributed by atoms with Crippen molar-refractivity contribution in [3.63, 3.8) is 0 Å². The molecule has 2 aromatic rings. The number of aliphatic carboxylic acids is 1. The predicted octanol–water partition coefficient (Wildman–Crippen LogP) is 3.43. The van der Waals surface area contributed by atoms with Crippen LogP contribution in [0.3, 0.4) is 0 Å². The Kier molecular flexibility index (Phi) is 7.02. The number of hydrogen-bond acceptors (Lipinski definition) is 4. The molecule has 2 N–H and O–H groups in total. The summed E-state index contributed by atoms with van der Waals surface area (Å²) in [5.74, 6) is 0.161. The molecule has 0 saturated heterocycles. The molecule has 6 heteroatoms. The van der Waals surface area contributed by atoms with Crippen molar-refractivity contribution in [1.29, 1.82) is 0 Å². The number of carboxylic acid groups (broad SMARTS) is 1. The van der Waals surface area contributed by atoms with Crippen molar-refractivity contribution in [3.8, 4) is 11.5 Å². The highest BCUT2D eigenvalue weighted by Gasteiger charge is 2.07. The summed E-state index contributed by atoms with van der Waals surface area (Å²) in [6.45, 7) is 4.00. The first kappa shape index (κ1) is 19.3. The number of rotatable bonds is 9. The molecule has 0 aliphatic rings. The summed E-state index contributed by atoms with van der Waals surface area (Å²) in [6.07, 6.45) is 1.00. The van der Waals surface area contributed by atoms with E-state index >= 15 is 0 Å². The van der Waals surface area contributed by atoms with E-state index in [4.69, 9.17) is 14.6 Å². The predicted molar refractivity (Wildman–Crippen MR) is 98.9 cm³/mol. The molecule has 0 radical (unpaired) electrons. The van der Waals surface area contributed by atoms with Crippen molar-refractivity contribution < 1.29 is 24.2 Å². The highest BCUT2D eigenvalue weighted by atomic mass is 16.5. The summed E-state index contributed by atoms with van der Waals surface area (Å²) in [6, 6.07) is 12.8. The van der Waals surface area contributed by atoms with Gasteiger partial charge < -0.3 is 19.9 Å². The van der Waals surface area contributed by atoms with Gasteiger partial charge in [-0.05, 0) is 61.7 Å². The van der Waals surface area contributed by atoms with Gasteiger partial charge in [0.2, 0.25) is 5.91 Å². The minimum Gasteiger partial charge on any atom is -0.494 e. The third-order valence-electron chi connectivity index (χ3n) is 3.71. The molecule has 1 amide bonds. The van der Waals surface area contributed by atoms with Crippen LogP contribution in [0, 0.1) is 6.92 Å². The molecule has 0 bridgehead atoms. The van der Waals surface area contributed by atoms with E-state index in [0.29, 0.717) is 30.9 Å². The third kappa shape index (κ3) is 6.12. The van der Waals surface area contributed by atoms with Gasteiger partial charge in [0.05, 0.1) is 6.61 Å². The average Bonchev–Trinajstić information content (AvgIpc) is 2.61. The lowest BCUT2D eigenvalue weighted by Gasteiger charge is -2.11. The molecule has 0 unspecified atom stereocenters. The standard InChI is InChI=1S/C20H23NO5/c1-3-25-16-7-4-15(5-8-16)6-11-19(22)21-18-10-9-17(12-14(18)2)26-13-20(23)24/h4-5,7-10,12H,3,6,11,13H2,1-2H3,(H,21,22)(H,23,24). The largest absolute Gasteiger partial charge is 0.494 e. The Morgan fingerprint density at radius 2 is 1.73 bits per heavy atom. The Morgan fingerprint density at radius 3 is 2.35 bits per heavy atom. The molecule has 2 rings (SSSR count). The molecular formula is C20H23NO5. The van der Waals surface area contributed by atoms with E-state index in [0.717, 1.165) is 16.9 Å². The van der Waals surface area contributed by atoms with Gasteiger partial charge in [-0.1, -0.05) is 12.1 Å². The topological polar surface area (TPSA) is 84.9 Å². The number of carboxylic acids is 1. The van der Waals surface area contributed by atoms with Gasteiger partial charge in [-0.3, -0.25) is 4.79 Å². The van der Waals surface area contributed by atoms with Crippen LogP contribution in [0.1, 0.15) is 24.5 Å². The van der Waals surface area contributed by atoms with Crippen LogP contribution >= 0.6 is 0 Å². The third-order valence-corrected chi connectivity index (χ3v) is 3.71. The monoisotopic (exact) mass is 357 g/mol. The minimum absolute atomic E-state index is 0.0822. The fraction of sp³-hybridized carbons (Fsp3) is 0.300. The average molecular weight is 357 g/mol. The van der Waals surface area contributed by atoms with Gasteiger partial charge >= 0.3 is 5.97 Å². The van der Waals surface area contributed by atoms with Crippen molar-refractivity contribution in [3.05, 3.63) is 53.6 Å². The van der Waals surface area contributed by atoms with Gasteiger partial charge in [0.15, 0.2) is 6.61 Å². The molecule has 0 saturated carbocycles. The number of carbonyl (C=O) groups excluding carboxylic acids is 1. The molecule has 6 nitrogen and oxygen atoms in total. The van der Waals surface area contributed by atoms with E-state index in [1.54, 1.807) is 18.2 Å². The van der Waals surface area contributed by atoms with E-state index < -0.39 is 12.6 Å². The van der Waals surface area contributed by atoms with E-state index in [9.17, 15) is 9.59 Å². The highest BCUT2D eigenvalue weighted by Crippen LogP contribution is 2.22. The van der Waals surface area contributed by atoms with Crippen LogP contribution in [0.5, 0.6) is 11.5 Å². The molecule has 138 valence electrons. The lowest BCUT2D eigenvalue weighted by Crippen LogP contribution is -2.13. The second-order valence-corrected chi connectivity index (χ2v) is 5.78. The Hall–Kier alpha value is -3.02. The van der Waals surface area contributed by atoms with E-state index in [1.807, 2.05) is 38.1 Å². The fourth-order valence-corrected chi connectivity index (χ4v) is 2.40. The molecule has 0 atom stereocenters. The maximum Gasteiger partial charge on any atom is 0.341 e. The van der Waals surface area contributed by atoms with Crippen LogP contribution in [-0.4, -0.2) is 30.2 Å². The maximum atomic E-state index is 12.2. The molecule has 0 aliphatic carbocycles. The Balaban J connectivity index is 1.86. The van der Waals surface area contributed by atoms with Gasteiger partial charge in [0.25, 0.3) is 0 Å². The fourth-order valence-electron chi connectivity index (χ4n) is 2.40. The molecular weight excluding hydrogens is 334 g/mol. The summed E-state index contributed by atoms with van der Waals surface area (Å²) >= 11 is 0. The number of ether oxygens (including phenoxy) is 2. The zero-order valence-corrected chi connectivity index (χ0v) is 15.0. The number of amides is 1. The quantitative estimate of drug-likeness (QED) is 0.718. The molecule has 0 fully saturated rings. The summed E-state index contributed by atoms with van der Waals surface area (Å²) in [5, 5.41) is 11.5. The van der Waals surface area contributed by atoms with Gasteiger partial charge in [0.1, 0.15) is 11.5 Å². The van der Waals surface area contributed by atoms with E-state index in [-0.39, 0.29) is 5.91 Å². The normalized spacial score (nSPS) is 10.2. The molecule has 0 spiro atoms. The minimum atomic E-state index is -1.03. The van der Waals surface area contributed by atoms with Crippen LogP contribution < -0.4 is 14.8 Å². The van der Waals surface area contributed by atoms with Crippen LogP contribution in [0.2, 0.25) is 0 Å². The summed E-state index contributed by atoms with van der Waals surface area (Å²) < 4.78 is 10.5. The molecule has 0 heterocycles. The zero-order valence-electron chi connectivity index (χ0n) is 15.0. The number of aryl methyl sites for hydroxylation is 2. The second kappa shape index (κ2) is 9.46. The Morgan fingerprint density at radius 1 is 1.04 bits per heavy atom. The second-order valence-electron chi connectivity index (χ2n) is 5.78. The van der Waals surface area contributed by atoms with Gasteiger partial charge in [-0.15, -0.1) is 0 Å². The van der Waals surface area contributed by atoms with Crippen molar-refractivity contribution >= 4 is 17.6 Å². The number of benzene rings is 2. The first-order valence-electron chi connectivity index (χ1n) is 8.44. The van der Waals surface area contributed by atoms with Crippen LogP contribution in [-0.2, 0) is 16.0 Å². The van der Waals surface area contributed by atoms with Gasteiger partial charge in [-0.2, -0.15) is 0 Å². The lowest BCUT2D eigenvalue weighted by molar-refractivity contribution is -0.139. The van der Waals surface area contributed by atoms with Crippen LogP contribution in [0.4, 0.5) is 5.69 Å². The Labute approximate surface area is 152 Å². The molecule has 0 aromatic heterocycles. The molecule has 0 aliphatic heterocycles. The van der Waals surface area contributed by atoms with Crippen LogP contribution in [0.15, 0.2) is 42.5 Å². The number of carbonyl (C=O) groups is 2. The highest BCUT2D eigenvalue weighted by molar-refractivity contribution is 5.91. The SMILES string of the molecule is CCOc1ccc(CCC(=O)Nc2ccc(OCC(=O)O)cc2C)cc1. The number of nitrogens with one attached hydrogen (secondary N) is 1. The van der Waals surface area contributed by atoms with Crippen molar-refractivity contribution in [1.82, 2.24) is 0 Å². The maximum absolute atomic E-state index is 12.2. The van der Waals surface area contributed by atoms with Gasteiger partial charge in [-0.25, -0.2) is 4.79 Å². The smallest absolute Gasteiger partial charge is 0.341 e. The molecule has 26 heavy (non-hydrogen) atoms. The number of anilines is 1. The summed E-state index contributed by atoms with van der Waals surface area (Å²) in [7, 11) is 0. The summed E-state index contributed by atoms with van der Waals surface area (Å²) in [5.41, 5.74) is 2.56. The lowest BCUT2D eigenvalue weighted by atomic mass is 10.1. The Bertz CT molecular complexity index is 755. The van der Waals surface area contributed by atoms with Crippen LogP contribution in [0.25, 0.3) is 0 Å². The van der Waals surface area contributed by atoms with Gasteiger partial charge in [0, 0.05) is 12.1 Å². The van der Waals surface area contributed by atoms with E-state index in [1.165, 1.54) is 0 Å². The van der Waals surface area contributed by atoms with Crippen molar-refractivity contribution in [2.24, 2.45) is 0 Å². The first-order valence-corrected chi connectivity index (χ1v) is 8.44. The number of hydrogen-bond donors (Lipinski definition) is 2.